The molecule has 5 nitrogen and oxygen atoms in total. The number of aromatic nitrogens is 4. The van der Waals surface area contributed by atoms with Crippen LogP contribution in [0.5, 0.6) is 0 Å². The normalized spacial score (nSPS) is 12.9. The Morgan fingerprint density at radius 3 is 2.47 bits per heavy atom. The van der Waals surface area contributed by atoms with Gasteiger partial charge in [-0.15, -0.1) is 0 Å². The summed E-state index contributed by atoms with van der Waals surface area (Å²) in [5, 5.41) is 12.2. The highest BCUT2D eigenvalue weighted by Gasteiger charge is 2.12. The molecule has 0 saturated carbocycles. The van der Waals surface area contributed by atoms with Gasteiger partial charge >= 0.3 is 0 Å². The van der Waals surface area contributed by atoms with E-state index in [1.165, 1.54) is 22.5 Å². The highest BCUT2D eigenvalue weighted by atomic mass is 15.3. The van der Waals surface area contributed by atoms with Crippen LogP contribution in [0.2, 0.25) is 0 Å². The van der Waals surface area contributed by atoms with E-state index < -0.39 is 0 Å². The zero-order chi connectivity index (χ0) is 14.0. The van der Waals surface area contributed by atoms with Crippen LogP contribution in [-0.4, -0.2) is 19.6 Å². The summed E-state index contributed by atoms with van der Waals surface area (Å²) in [6.45, 7) is 10.3. The Balaban J connectivity index is 2.02. The number of hydrogen-bond donors (Lipinski definition) is 1. The fraction of sp³-hybridized carbons (Fsp3) is 0.571. The molecular formula is C14H23N5. The highest BCUT2D eigenvalue weighted by molar-refractivity contribution is 5.21. The molecule has 2 rings (SSSR count). The van der Waals surface area contributed by atoms with Crippen LogP contribution in [0.15, 0.2) is 12.4 Å². The van der Waals surface area contributed by atoms with Crippen molar-refractivity contribution in [3.63, 3.8) is 0 Å². The van der Waals surface area contributed by atoms with E-state index in [-0.39, 0.29) is 6.04 Å². The molecule has 104 valence electrons. The maximum Gasteiger partial charge on any atom is 0.0540 e. The van der Waals surface area contributed by atoms with Crippen molar-refractivity contribution in [1.82, 2.24) is 24.9 Å². The van der Waals surface area contributed by atoms with Crippen molar-refractivity contribution in [2.75, 3.05) is 0 Å². The molecule has 5 heteroatoms. The molecule has 0 aliphatic heterocycles. The van der Waals surface area contributed by atoms with Crippen molar-refractivity contribution in [3.05, 3.63) is 34.9 Å². The van der Waals surface area contributed by atoms with Gasteiger partial charge in [0.25, 0.3) is 0 Å². The first-order valence-electron chi connectivity index (χ1n) is 6.77. The van der Waals surface area contributed by atoms with Crippen LogP contribution < -0.4 is 5.32 Å². The van der Waals surface area contributed by atoms with Gasteiger partial charge in [0.15, 0.2) is 0 Å². The summed E-state index contributed by atoms with van der Waals surface area (Å²) in [6, 6.07) is 0.290. The first kappa shape index (κ1) is 13.8. The summed E-state index contributed by atoms with van der Waals surface area (Å²) in [4.78, 5) is 0. The standard InChI is InChI=1S/C14H23N5/c1-6-19-11(3)13(8-17-19)7-15-10(2)14-9-16-18(5)12(14)4/h8-10,15H,6-7H2,1-5H3. The Hall–Kier alpha value is -1.62. The molecule has 19 heavy (non-hydrogen) atoms. The lowest BCUT2D eigenvalue weighted by Gasteiger charge is -2.13. The van der Waals surface area contributed by atoms with Crippen molar-refractivity contribution >= 4 is 0 Å². The van der Waals surface area contributed by atoms with Gasteiger partial charge in [0.1, 0.15) is 0 Å². The molecule has 0 saturated heterocycles. The lowest BCUT2D eigenvalue weighted by Crippen LogP contribution is -2.19. The molecule has 1 N–H and O–H groups in total. The molecule has 0 bridgehead atoms. The monoisotopic (exact) mass is 261 g/mol. The largest absolute Gasteiger partial charge is 0.306 e. The lowest BCUT2D eigenvalue weighted by molar-refractivity contribution is 0.567. The summed E-state index contributed by atoms with van der Waals surface area (Å²) in [7, 11) is 1.97. The molecule has 0 radical (unpaired) electrons. The molecular weight excluding hydrogens is 238 g/mol. The summed E-state index contributed by atoms with van der Waals surface area (Å²) >= 11 is 0. The zero-order valence-corrected chi connectivity index (χ0v) is 12.4. The number of rotatable bonds is 5. The van der Waals surface area contributed by atoms with Crippen LogP contribution in [0, 0.1) is 13.8 Å². The van der Waals surface area contributed by atoms with Crippen molar-refractivity contribution in [3.8, 4) is 0 Å². The topological polar surface area (TPSA) is 47.7 Å². The fourth-order valence-corrected chi connectivity index (χ4v) is 2.29. The van der Waals surface area contributed by atoms with Gasteiger partial charge in [-0.2, -0.15) is 10.2 Å². The summed E-state index contributed by atoms with van der Waals surface area (Å²) in [5.74, 6) is 0. The van der Waals surface area contributed by atoms with Crippen molar-refractivity contribution < 1.29 is 0 Å². The second-order valence-corrected chi connectivity index (χ2v) is 4.98. The Labute approximate surface area is 114 Å². The molecule has 2 aromatic rings. The summed E-state index contributed by atoms with van der Waals surface area (Å²) in [5.41, 5.74) is 4.96. The van der Waals surface area contributed by atoms with Gasteiger partial charge in [0, 0.05) is 48.7 Å². The number of nitrogens with zero attached hydrogens (tertiary/aromatic N) is 4. The van der Waals surface area contributed by atoms with Gasteiger partial charge in [0.05, 0.1) is 12.4 Å². The zero-order valence-electron chi connectivity index (χ0n) is 12.4. The predicted octanol–water partition coefficient (Wildman–Crippen LogP) is 2.10. The average molecular weight is 261 g/mol. The first-order chi connectivity index (χ1) is 9.04. The van der Waals surface area contributed by atoms with E-state index in [0.29, 0.717) is 0 Å². The molecule has 2 aromatic heterocycles. The van der Waals surface area contributed by atoms with Crippen molar-refractivity contribution in [2.24, 2.45) is 7.05 Å². The summed E-state index contributed by atoms with van der Waals surface area (Å²) < 4.78 is 3.94. The van der Waals surface area contributed by atoms with E-state index in [0.717, 1.165) is 13.1 Å². The SMILES string of the molecule is CCn1ncc(CNC(C)c2cnn(C)c2C)c1C. The molecule has 0 aromatic carbocycles. The Kier molecular flexibility index (Phi) is 4.04. The van der Waals surface area contributed by atoms with Gasteiger partial charge in [0.2, 0.25) is 0 Å². The number of nitrogens with one attached hydrogen (secondary N) is 1. The third-order valence-electron chi connectivity index (χ3n) is 3.84. The Bertz CT molecular complexity index is 552. The minimum atomic E-state index is 0.290. The highest BCUT2D eigenvalue weighted by Crippen LogP contribution is 2.17. The van der Waals surface area contributed by atoms with Crippen LogP contribution in [0.25, 0.3) is 0 Å². The Morgan fingerprint density at radius 1 is 1.21 bits per heavy atom. The lowest BCUT2D eigenvalue weighted by atomic mass is 10.1. The van der Waals surface area contributed by atoms with Gasteiger partial charge in [-0.05, 0) is 27.7 Å². The molecule has 0 aliphatic rings. The smallest absolute Gasteiger partial charge is 0.0540 e. The van der Waals surface area contributed by atoms with Crippen LogP contribution in [0.3, 0.4) is 0 Å². The second-order valence-electron chi connectivity index (χ2n) is 4.98. The molecule has 1 atom stereocenters. The third-order valence-corrected chi connectivity index (χ3v) is 3.84. The molecule has 1 unspecified atom stereocenters. The van der Waals surface area contributed by atoms with E-state index in [2.05, 4.69) is 43.2 Å². The quantitative estimate of drug-likeness (QED) is 0.896. The van der Waals surface area contributed by atoms with E-state index in [9.17, 15) is 0 Å². The minimum absolute atomic E-state index is 0.290. The van der Waals surface area contributed by atoms with Gasteiger partial charge < -0.3 is 5.32 Å². The van der Waals surface area contributed by atoms with Gasteiger partial charge in [-0.25, -0.2) is 0 Å². The number of aryl methyl sites for hydroxylation is 2. The van der Waals surface area contributed by atoms with Gasteiger partial charge in [-0.1, -0.05) is 0 Å². The predicted molar refractivity (Wildman–Crippen MR) is 75.8 cm³/mol. The fourth-order valence-electron chi connectivity index (χ4n) is 2.29. The molecule has 0 aliphatic carbocycles. The minimum Gasteiger partial charge on any atom is -0.306 e. The van der Waals surface area contributed by atoms with Crippen LogP contribution in [-0.2, 0) is 20.1 Å². The molecule has 2 heterocycles. The van der Waals surface area contributed by atoms with E-state index >= 15 is 0 Å². The van der Waals surface area contributed by atoms with Crippen molar-refractivity contribution in [2.45, 2.75) is 46.8 Å². The average Bonchev–Trinajstić information content (AvgIpc) is 2.91. The van der Waals surface area contributed by atoms with Crippen LogP contribution in [0.1, 0.15) is 42.4 Å². The van der Waals surface area contributed by atoms with Crippen molar-refractivity contribution in [1.29, 1.82) is 0 Å². The van der Waals surface area contributed by atoms with E-state index in [1.807, 2.05) is 28.8 Å². The second kappa shape index (κ2) is 5.57. The first-order valence-corrected chi connectivity index (χ1v) is 6.77. The van der Waals surface area contributed by atoms with E-state index in [1.54, 1.807) is 0 Å². The summed E-state index contributed by atoms with van der Waals surface area (Å²) in [6.07, 6.45) is 3.89. The van der Waals surface area contributed by atoms with Gasteiger partial charge in [-0.3, -0.25) is 9.36 Å². The van der Waals surface area contributed by atoms with Crippen LogP contribution in [0.4, 0.5) is 0 Å². The molecule has 0 amide bonds. The number of hydrogen-bond acceptors (Lipinski definition) is 3. The van der Waals surface area contributed by atoms with E-state index in [4.69, 9.17) is 0 Å². The maximum atomic E-state index is 4.37. The maximum absolute atomic E-state index is 4.37. The third kappa shape index (κ3) is 2.71. The Morgan fingerprint density at radius 2 is 1.95 bits per heavy atom. The molecule has 0 fully saturated rings. The van der Waals surface area contributed by atoms with Crippen LogP contribution >= 0.6 is 0 Å². The molecule has 0 spiro atoms.